The number of aliphatic carboxylic acids is 3. The molecule has 12 nitrogen and oxygen atoms in total. The molecule has 0 aromatic rings. The molecule has 0 radical (unpaired) electrons. The Balaban J connectivity index is 5.68. The minimum Gasteiger partial charge on any atom is -0.481 e. The summed E-state index contributed by atoms with van der Waals surface area (Å²) >= 11 is 0. The Labute approximate surface area is 135 Å². The highest BCUT2D eigenvalue weighted by Crippen LogP contribution is 2.13. The number of carboxylic acid groups (broad SMARTS) is 3. The van der Waals surface area contributed by atoms with Crippen LogP contribution in [0.5, 0.6) is 0 Å². The fourth-order valence-electron chi connectivity index (χ4n) is 1.75. The highest BCUT2D eigenvalue weighted by Gasteiger charge is 2.39. The molecule has 3 unspecified atom stereocenters. The molecular formula is C12H19N3O9. The van der Waals surface area contributed by atoms with Crippen LogP contribution in [0.25, 0.3) is 0 Å². The topological polar surface area (TPSA) is 222 Å². The Hall–Kier alpha value is -2.57. The summed E-state index contributed by atoms with van der Waals surface area (Å²) in [6, 6.07) is -5.32. The van der Waals surface area contributed by atoms with Crippen LogP contribution in [0.2, 0.25) is 0 Å². The summed E-state index contributed by atoms with van der Waals surface area (Å²) in [4.78, 5) is 57.0. The Morgan fingerprint density at radius 1 is 0.875 bits per heavy atom. The number of aliphatic hydroxyl groups is 1. The van der Waals surface area contributed by atoms with Crippen molar-refractivity contribution in [3.63, 3.8) is 0 Å². The maximum absolute atomic E-state index is 12.2. The van der Waals surface area contributed by atoms with Crippen molar-refractivity contribution in [3.05, 3.63) is 0 Å². The first-order valence-corrected chi connectivity index (χ1v) is 6.68. The van der Waals surface area contributed by atoms with Gasteiger partial charge in [0.25, 0.3) is 0 Å². The minimum atomic E-state index is -1.92. The maximum Gasteiger partial charge on any atom is 0.326 e. The molecule has 0 aliphatic rings. The summed E-state index contributed by atoms with van der Waals surface area (Å²) in [6.45, 7) is -0.915. The van der Waals surface area contributed by atoms with E-state index < -0.39 is 73.7 Å². The normalized spacial score (nSPS) is 14.3. The number of aliphatic hydroxyl groups excluding tert-OH is 1. The first kappa shape index (κ1) is 21.4. The lowest BCUT2D eigenvalue weighted by molar-refractivity contribution is -0.161. The van der Waals surface area contributed by atoms with E-state index in [1.165, 1.54) is 0 Å². The van der Waals surface area contributed by atoms with Crippen molar-refractivity contribution in [1.82, 2.24) is 4.90 Å². The summed E-state index contributed by atoms with van der Waals surface area (Å²) in [7, 11) is 0. The first-order chi connectivity index (χ1) is 11.0. The number of nitrogens with zero attached hydrogens (tertiary/aromatic N) is 1. The molecule has 0 saturated carbocycles. The molecule has 0 fully saturated rings. The molecule has 0 rings (SSSR count). The van der Waals surface area contributed by atoms with Gasteiger partial charge in [-0.05, 0) is 6.42 Å². The van der Waals surface area contributed by atoms with Crippen LogP contribution in [0.4, 0.5) is 0 Å². The monoisotopic (exact) mass is 349 g/mol. The zero-order chi connectivity index (χ0) is 19.0. The highest BCUT2D eigenvalue weighted by atomic mass is 16.4. The average Bonchev–Trinajstić information content (AvgIpc) is 2.47. The predicted octanol–water partition coefficient (Wildman–Crippen LogP) is -3.22. The lowest BCUT2D eigenvalue weighted by atomic mass is 10.1. The van der Waals surface area contributed by atoms with E-state index in [2.05, 4.69) is 0 Å². The molecule has 0 saturated heterocycles. The second-order valence-electron chi connectivity index (χ2n) is 4.83. The van der Waals surface area contributed by atoms with E-state index in [0.717, 1.165) is 0 Å². The van der Waals surface area contributed by atoms with Crippen LogP contribution in [0, 0.1) is 0 Å². The van der Waals surface area contributed by atoms with Gasteiger partial charge in [-0.3, -0.25) is 24.1 Å². The van der Waals surface area contributed by atoms with Gasteiger partial charge < -0.3 is 31.9 Å². The average molecular weight is 349 g/mol. The molecule has 0 aliphatic carbocycles. The third-order valence-electron chi connectivity index (χ3n) is 2.93. The molecule has 0 bridgehead atoms. The molecular weight excluding hydrogens is 330 g/mol. The fourth-order valence-corrected chi connectivity index (χ4v) is 1.75. The number of carbonyl (C=O) groups is 5. The number of hydrogen-bond acceptors (Lipinski definition) is 8. The molecule has 2 amide bonds. The molecule has 0 heterocycles. The summed E-state index contributed by atoms with van der Waals surface area (Å²) in [5, 5.41) is 35.4. The number of imide groups is 1. The SMILES string of the molecule is NC(CO)C(=O)N(C(=O)C(N)CC(=O)O)C(CCC(=O)O)C(=O)O. The molecule has 0 aromatic carbocycles. The molecule has 8 N–H and O–H groups in total. The van der Waals surface area contributed by atoms with E-state index in [0.29, 0.717) is 0 Å². The number of carboxylic acids is 3. The van der Waals surface area contributed by atoms with E-state index in [4.69, 9.17) is 26.8 Å². The van der Waals surface area contributed by atoms with Crippen LogP contribution in [0.1, 0.15) is 19.3 Å². The molecule has 12 heteroatoms. The van der Waals surface area contributed by atoms with Crippen molar-refractivity contribution >= 4 is 29.7 Å². The second-order valence-corrected chi connectivity index (χ2v) is 4.83. The van der Waals surface area contributed by atoms with E-state index >= 15 is 0 Å². The molecule has 0 spiro atoms. The predicted molar refractivity (Wildman–Crippen MR) is 75.4 cm³/mol. The summed E-state index contributed by atoms with van der Waals surface area (Å²) in [5.41, 5.74) is 10.6. The van der Waals surface area contributed by atoms with Crippen LogP contribution in [0.15, 0.2) is 0 Å². The van der Waals surface area contributed by atoms with Gasteiger partial charge in [0, 0.05) is 6.42 Å². The highest BCUT2D eigenvalue weighted by molar-refractivity contribution is 6.04. The zero-order valence-corrected chi connectivity index (χ0v) is 12.5. The lowest BCUT2D eigenvalue weighted by Gasteiger charge is -2.30. The standard InChI is InChI=1S/C12H19N3O9/c13-5(3-9(19)20)10(21)15(11(22)6(14)4-16)7(12(23)24)1-2-8(17)18/h5-7,16H,1-4,13-14H2,(H,17,18)(H,19,20)(H,23,24). The second kappa shape index (κ2) is 9.54. The van der Waals surface area contributed by atoms with Crippen LogP contribution in [-0.2, 0) is 24.0 Å². The Morgan fingerprint density at radius 3 is 1.75 bits per heavy atom. The third-order valence-corrected chi connectivity index (χ3v) is 2.93. The van der Waals surface area contributed by atoms with Crippen LogP contribution >= 0.6 is 0 Å². The minimum absolute atomic E-state index is 0.111. The third kappa shape index (κ3) is 6.28. The van der Waals surface area contributed by atoms with Crippen molar-refractivity contribution in [3.8, 4) is 0 Å². The van der Waals surface area contributed by atoms with Gasteiger partial charge in [-0.1, -0.05) is 0 Å². The number of carbonyl (C=O) groups excluding carboxylic acids is 2. The van der Waals surface area contributed by atoms with E-state index in [1.54, 1.807) is 0 Å². The lowest BCUT2D eigenvalue weighted by Crippen LogP contribution is -2.59. The van der Waals surface area contributed by atoms with E-state index in [-0.39, 0.29) is 4.90 Å². The maximum atomic E-state index is 12.2. The van der Waals surface area contributed by atoms with Gasteiger partial charge >= 0.3 is 17.9 Å². The van der Waals surface area contributed by atoms with Gasteiger partial charge in [0.15, 0.2) is 0 Å². The Bertz CT molecular complexity index is 522. The Kier molecular flexibility index (Phi) is 8.52. The fraction of sp³-hybridized carbons (Fsp3) is 0.583. The van der Waals surface area contributed by atoms with Crippen molar-refractivity contribution in [2.75, 3.05) is 6.61 Å². The number of hydrogen-bond donors (Lipinski definition) is 6. The Morgan fingerprint density at radius 2 is 1.38 bits per heavy atom. The molecule has 24 heavy (non-hydrogen) atoms. The van der Waals surface area contributed by atoms with Crippen molar-refractivity contribution in [2.24, 2.45) is 11.5 Å². The van der Waals surface area contributed by atoms with Crippen LogP contribution < -0.4 is 11.5 Å². The van der Waals surface area contributed by atoms with Gasteiger partial charge in [0.05, 0.1) is 19.1 Å². The van der Waals surface area contributed by atoms with Gasteiger partial charge in [0.1, 0.15) is 12.1 Å². The molecule has 3 atom stereocenters. The summed E-state index contributed by atoms with van der Waals surface area (Å²) in [6.07, 6.45) is -2.21. The van der Waals surface area contributed by atoms with Crippen molar-refractivity contribution in [1.29, 1.82) is 0 Å². The number of amides is 2. The summed E-state index contributed by atoms with van der Waals surface area (Å²) < 4.78 is 0. The van der Waals surface area contributed by atoms with Gasteiger partial charge in [-0.2, -0.15) is 0 Å². The van der Waals surface area contributed by atoms with Gasteiger partial charge in [-0.15, -0.1) is 0 Å². The van der Waals surface area contributed by atoms with E-state index in [9.17, 15) is 29.1 Å². The molecule has 136 valence electrons. The number of nitrogens with two attached hydrogens (primary N) is 2. The van der Waals surface area contributed by atoms with Crippen LogP contribution in [-0.4, -0.2) is 79.8 Å². The zero-order valence-electron chi connectivity index (χ0n) is 12.5. The summed E-state index contributed by atoms with van der Waals surface area (Å²) in [5.74, 6) is -7.19. The number of rotatable bonds is 10. The van der Waals surface area contributed by atoms with Gasteiger partial charge in [0.2, 0.25) is 11.8 Å². The van der Waals surface area contributed by atoms with Gasteiger partial charge in [-0.25, -0.2) is 4.79 Å². The first-order valence-electron chi connectivity index (χ1n) is 6.68. The molecule has 0 aliphatic heterocycles. The smallest absolute Gasteiger partial charge is 0.326 e. The molecule has 0 aromatic heterocycles. The van der Waals surface area contributed by atoms with E-state index in [1.807, 2.05) is 0 Å². The van der Waals surface area contributed by atoms with Crippen LogP contribution in [0.3, 0.4) is 0 Å². The van der Waals surface area contributed by atoms with Crippen molar-refractivity contribution < 1.29 is 44.4 Å². The quantitative estimate of drug-likeness (QED) is 0.230. The van der Waals surface area contributed by atoms with Crippen molar-refractivity contribution in [2.45, 2.75) is 37.4 Å². The largest absolute Gasteiger partial charge is 0.481 e.